The molecule has 0 spiro atoms. The fourth-order valence-corrected chi connectivity index (χ4v) is 4.83. The van der Waals surface area contributed by atoms with Crippen molar-refractivity contribution in [1.82, 2.24) is 10.2 Å². The van der Waals surface area contributed by atoms with E-state index in [9.17, 15) is 9.90 Å². The molecule has 3 aromatic rings. The second kappa shape index (κ2) is 10.0. The third-order valence-electron chi connectivity index (χ3n) is 6.41. The van der Waals surface area contributed by atoms with Gasteiger partial charge in [-0.05, 0) is 55.8 Å². The minimum Gasteiger partial charge on any atom is -0.486 e. The first kappa shape index (κ1) is 25.1. The van der Waals surface area contributed by atoms with E-state index < -0.39 is 29.7 Å². The summed E-state index contributed by atoms with van der Waals surface area (Å²) in [5.74, 6) is -5.45. The molecule has 2 aliphatic heterocycles. The van der Waals surface area contributed by atoms with Crippen LogP contribution >= 0.6 is 23.2 Å². The Bertz CT molecular complexity index is 1240. The molecular weight excluding hydrogens is 517 g/mol. The van der Waals surface area contributed by atoms with Crippen molar-refractivity contribution in [3.05, 3.63) is 57.8 Å². The minimum atomic E-state index is -4.01. The second-order valence-electron chi connectivity index (χ2n) is 8.92. The van der Waals surface area contributed by atoms with Crippen LogP contribution in [0.2, 0.25) is 10.0 Å². The monoisotopic (exact) mass is 540 g/mol. The van der Waals surface area contributed by atoms with Crippen LogP contribution in [0.3, 0.4) is 0 Å². The van der Waals surface area contributed by atoms with E-state index in [1.54, 1.807) is 18.2 Å². The molecule has 0 aliphatic carbocycles. The van der Waals surface area contributed by atoms with E-state index in [0.29, 0.717) is 30.3 Å². The number of amides is 1. The molecule has 36 heavy (non-hydrogen) atoms. The standard InChI is InChI=1S/C25H24Cl2F2N2O5/c26-16-9-15-11-22(36-20(15)12-17(16)27)25(28,29)24(33)30-18(13-31-5-1-2-6-31)23(32)14-3-4-19-21(10-14)35-8-7-34-19/h3-4,9-12,18,23,32H,1-2,5-8,13H2,(H,30,33). The van der Waals surface area contributed by atoms with Crippen LogP contribution in [-0.2, 0) is 10.7 Å². The zero-order valence-electron chi connectivity index (χ0n) is 19.1. The van der Waals surface area contributed by atoms with E-state index >= 15 is 8.78 Å². The zero-order chi connectivity index (χ0) is 25.4. The summed E-state index contributed by atoms with van der Waals surface area (Å²) < 4.78 is 46.8. The third-order valence-corrected chi connectivity index (χ3v) is 7.13. The van der Waals surface area contributed by atoms with Gasteiger partial charge in [-0.3, -0.25) is 4.79 Å². The number of halogens is 4. The van der Waals surface area contributed by atoms with Crippen molar-refractivity contribution in [3.63, 3.8) is 0 Å². The topological polar surface area (TPSA) is 84.2 Å². The number of likely N-dealkylation sites (tertiary alicyclic amines) is 1. The first-order valence-corrected chi connectivity index (χ1v) is 12.4. The Kier molecular flexibility index (Phi) is 7.00. The van der Waals surface area contributed by atoms with Gasteiger partial charge < -0.3 is 29.2 Å². The summed E-state index contributed by atoms with van der Waals surface area (Å²) in [6.45, 7) is 2.48. The molecule has 11 heteroatoms. The number of aliphatic hydroxyl groups excluding tert-OH is 1. The Morgan fingerprint density at radius 2 is 1.75 bits per heavy atom. The Morgan fingerprint density at radius 1 is 1.06 bits per heavy atom. The summed E-state index contributed by atoms with van der Waals surface area (Å²) in [5.41, 5.74) is 0.497. The highest BCUT2D eigenvalue weighted by Crippen LogP contribution is 2.37. The molecule has 192 valence electrons. The smallest absolute Gasteiger partial charge is 0.380 e. The molecular formula is C25H24Cl2F2N2O5. The number of rotatable bonds is 7. The molecule has 1 fully saturated rings. The number of hydrogen-bond donors (Lipinski definition) is 2. The molecule has 2 aliphatic rings. The van der Waals surface area contributed by atoms with Crippen LogP contribution < -0.4 is 14.8 Å². The fraction of sp³-hybridized carbons (Fsp3) is 0.400. The number of alkyl halides is 2. The number of carbonyl (C=O) groups is 1. The largest absolute Gasteiger partial charge is 0.486 e. The molecule has 5 rings (SSSR count). The van der Waals surface area contributed by atoms with Crippen LogP contribution in [0.25, 0.3) is 11.0 Å². The van der Waals surface area contributed by atoms with E-state index in [2.05, 4.69) is 5.32 Å². The highest BCUT2D eigenvalue weighted by Gasteiger charge is 2.46. The molecule has 2 N–H and O–H groups in total. The number of nitrogens with one attached hydrogen (secondary N) is 1. The van der Waals surface area contributed by atoms with Gasteiger partial charge in [-0.25, -0.2) is 0 Å². The van der Waals surface area contributed by atoms with Crippen molar-refractivity contribution < 1.29 is 32.6 Å². The minimum absolute atomic E-state index is 0.0804. The maximum absolute atomic E-state index is 15.3. The summed E-state index contributed by atoms with van der Waals surface area (Å²) in [6, 6.07) is 7.64. The van der Waals surface area contributed by atoms with Gasteiger partial charge in [-0.2, -0.15) is 8.78 Å². The molecule has 0 bridgehead atoms. The number of furan rings is 1. The number of hydrogen-bond acceptors (Lipinski definition) is 6. The number of fused-ring (bicyclic) bond motifs is 2. The summed E-state index contributed by atoms with van der Waals surface area (Å²) in [5, 5.41) is 14.1. The van der Waals surface area contributed by atoms with Gasteiger partial charge in [-0.15, -0.1) is 0 Å². The highest BCUT2D eigenvalue weighted by molar-refractivity contribution is 6.42. The Morgan fingerprint density at radius 3 is 2.50 bits per heavy atom. The zero-order valence-corrected chi connectivity index (χ0v) is 20.6. The maximum atomic E-state index is 15.3. The molecule has 2 unspecified atom stereocenters. The van der Waals surface area contributed by atoms with Crippen LogP contribution in [0, 0.1) is 0 Å². The molecule has 1 saturated heterocycles. The molecule has 1 aromatic heterocycles. The van der Waals surface area contributed by atoms with Crippen molar-refractivity contribution in [2.75, 3.05) is 32.8 Å². The van der Waals surface area contributed by atoms with Gasteiger partial charge in [0, 0.05) is 18.0 Å². The molecule has 1 amide bonds. The van der Waals surface area contributed by atoms with Gasteiger partial charge in [0.15, 0.2) is 17.3 Å². The third kappa shape index (κ3) is 4.98. The fourth-order valence-electron chi connectivity index (χ4n) is 4.50. The van der Waals surface area contributed by atoms with E-state index in [1.807, 2.05) is 4.90 Å². The van der Waals surface area contributed by atoms with E-state index in [0.717, 1.165) is 32.0 Å². The van der Waals surface area contributed by atoms with Crippen LogP contribution in [0.4, 0.5) is 8.78 Å². The van der Waals surface area contributed by atoms with Crippen LogP contribution in [-0.4, -0.2) is 54.8 Å². The average molecular weight is 541 g/mol. The van der Waals surface area contributed by atoms with Gasteiger partial charge in [0.05, 0.1) is 16.1 Å². The van der Waals surface area contributed by atoms with Crippen LogP contribution in [0.5, 0.6) is 11.5 Å². The van der Waals surface area contributed by atoms with Crippen LogP contribution in [0.1, 0.15) is 30.3 Å². The Hall–Kier alpha value is -2.59. The molecule has 0 saturated carbocycles. The molecule has 2 atom stereocenters. The molecule has 0 radical (unpaired) electrons. The predicted octanol–water partition coefficient (Wildman–Crippen LogP) is 4.92. The SMILES string of the molecule is O=C(NC(CN1CCCC1)C(O)c1ccc2c(c1)OCCO2)C(F)(F)c1cc2cc(Cl)c(Cl)cc2o1. The number of aliphatic hydroxyl groups is 1. The number of benzene rings is 2. The highest BCUT2D eigenvalue weighted by atomic mass is 35.5. The van der Waals surface area contributed by atoms with Gasteiger partial charge in [0.2, 0.25) is 0 Å². The molecule has 2 aromatic carbocycles. The molecule has 3 heterocycles. The maximum Gasteiger partial charge on any atom is 0.380 e. The summed E-state index contributed by atoms with van der Waals surface area (Å²) in [7, 11) is 0. The number of carbonyl (C=O) groups excluding carboxylic acids is 1. The van der Waals surface area contributed by atoms with Gasteiger partial charge in [0.25, 0.3) is 5.91 Å². The lowest BCUT2D eigenvalue weighted by atomic mass is 10.0. The van der Waals surface area contributed by atoms with Gasteiger partial charge in [-0.1, -0.05) is 29.3 Å². The lowest BCUT2D eigenvalue weighted by molar-refractivity contribution is -0.151. The molecule has 7 nitrogen and oxygen atoms in total. The van der Waals surface area contributed by atoms with Gasteiger partial charge in [0.1, 0.15) is 24.9 Å². The van der Waals surface area contributed by atoms with E-state index in [-0.39, 0.29) is 27.6 Å². The van der Waals surface area contributed by atoms with Gasteiger partial charge >= 0.3 is 5.92 Å². The lowest BCUT2D eigenvalue weighted by Gasteiger charge is -2.30. The average Bonchev–Trinajstić information content (AvgIpc) is 3.53. The Balaban J connectivity index is 1.40. The predicted molar refractivity (Wildman–Crippen MR) is 130 cm³/mol. The van der Waals surface area contributed by atoms with E-state index in [1.165, 1.54) is 12.1 Å². The normalized spacial score (nSPS) is 17.8. The first-order valence-electron chi connectivity index (χ1n) is 11.6. The number of ether oxygens (including phenoxy) is 2. The van der Waals surface area contributed by atoms with Crippen molar-refractivity contribution in [3.8, 4) is 11.5 Å². The second-order valence-corrected chi connectivity index (χ2v) is 9.74. The first-order chi connectivity index (χ1) is 17.2. The van der Waals surface area contributed by atoms with Crippen molar-refractivity contribution in [1.29, 1.82) is 0 Å². The van der Waals surface area contributed by atoms with Crippen molar-refractivity contribution in [2.24, 2.45) is 0 Å². The van der Waals surface area contributed by atoms with Crippen molar-refractivity contribution >= 4 is 40.1 Å². The summed E-state index contributed by atoms with van der Waals surface area (Å²) in [6.07, 6.45) is 0.650. The van der Waals surface area contributed by atoms with E-state index in [4.69, 9.17) is 37.1 Å². The Labute approximate surface area is 215 Å². The quantitative estimate of drug-likeness (QED) is 0.442. The summed E-state index contributed by atoms with van der Waals surface area (Å²) in [4.78, 5) is 14.9. The lowest BCUT2D eigenvalue weighted by Crippen LogP contribution is -2.50. The van der Waals surface area contributed by atoms with Crippen LogP contribution in [0.15, 0.2) is 40.8 Å². The summed E-state index contributed by atoms with van der Waals surface area (Å²) >= 11 is 11.9. The van der Waals surface area contributed by atoms with Crippen molar-refractivity contribution in [2.45, 2.75) is 30.9 Å². The number of nitrogens with zero attached hydrogens (tertiary/aromatic N) is 1.